The van der Waals surface area contributed by atoms with Gasteiger partial charge >= 0.3 is 0 Å². The van der Waals surface area contributed by atoms with Crippen molar-refractivity contribution in [2.75, 3.05) is 19.0 Å². The summed E-state index contributed by atoms with van der Waals surface area (Å²) in [6.45, 7) is 0. The van der Waals surface area contributed by atoms with Crippen molar-refractivity contribution in [1.29, 1.82) is 0 Å². The molecule has 20 heavy (non-hydrogen) atoms. The second-order valence-electron chi connectivity index (χ2n) is 4.19. The number of aromatic nitrogens is 2. The predicted octanol–water partition coefficient (Wildman–Crippen LogP) is 0.218. The SMILES string of the molecule is CNC(=O)c1ccn(-c2cccc(S(C)(=O)=O)c2N)n1. The number of carbonyl (C=O) groups excluding carboxylic acids is 1. The summed E-state index contributed by atoms with van der Waals surface area (Å²) in [7, 11) is -1.92. The second kappa shape index (κ2) is 4.97. The molecule has 0 aliphatic rings. The highest BCUT2D eigenvalue weighted by molar-refractivity contribution is 7.90. The van der Waals surface area contributed by atoms with E-state index in [1.165, 1.54) is 23.9 Å². The Bertz CT molecular complexity index is 765. The van der Waals surface area contributed by atoms with Crippen LogP contribution in [-0.2, 0) is 9.84 Å². The Morgan fingerprint density at radius 1 is 1.35 bits per heavy atom. The Kier molecular flexibility index (Phi) is 3.49. The van der Waals surface area contributed by atoms with Crippen molar-refractivity contribution in [3.63, 3.8) is 0 Å². The number of nitrogens with one attached hydrogen (secondary N) is 1. The van der Waals surface area contributed by atoms with Crippen LogP contribution >= 0.6 is 0 Å². The molecule has 1 aromatic heterocycles. The minimum Gasteiger partial charge on any atom is -0.396 e. The third kappa shape index (κ3) is 2.50. The van der Waals surface area contributed by atoms with Crippen molar-refractivity contribution in [2.24, 2.45) is 0 Å². The lowest BCUT2D eigenvalue weighted by atomic mass is 10.3. The molecule has 2 aromatic rings. The van der Waals surface area contributed by atoms with Crippen molar-refractivity contribution < 1.29 is 13.2 Å². The summed E-state index contributed by atoms with van der Waals surface area (Å²) in [5, 5.41) is 6.52. The Balaban J connectivity index is 2.54. The quantitative estimate of drug-likeness (QED) is 0.787. The molecule has 1 amide bonds. The molecule has 0 aliphatic carbocycles. The van der Waals surface area contributed by atoms with Crippen molar-refractivity contribution >= 4 is 21.4 Å². The Labute approximate surface area is 116 Å². The molecule has 106 valence electrons. The fraction of sp³-hybridized carbons (Fsp3) is 0.167. The van der Waals surface area contributed by atoms with Gasteiger partial charge in [0.2, 0.25) is 0 Å². The van der Waals surface area contributed by atoms with E-state index < -0.39 is 9.84 Å². The topological polar surface area (TPSA) is 107 Å². The minimum absolute atomic E-state index is 0.0343. The lowest BCUT2D eigenvalue weighted by Crippen LogP contribution is -2.18. The van der Waals surface area contributed by atoms with Gasteiger partial charge in [-0.2, -0.15) is 5.10 Å². The number of nitrogen functional groups attached to an aromatic ring is 1. The highest BCUT2D eigenvalue weighted by Gasteiger charge is 2.16. The van der Waals surface area contributed by atoms with Crippen LogP contribution in [0.3, 0.4) is 0 Å². The molecule has 0 saturated heterocycles. The fourth-order valence-corrected chi connectivity index (χ4v) is 2.59. The summed E-state index contributed by atoms with van der Waals surface area (Å²) < 4.78 is 24.6. The molecule has 2 rings (SSSR count). The molecule has 0 radical (unpaired) electrons. The van der Waals surface area contributed by atoms with E-state index in [4.69, 9.17) is 5.73 Å². The van der Waals surface area contributed by atoms with Crippen molar-refractivity contribution in [2.45, 2.75) is 4.90 Å². The summed E-state index contributed by atoms with van der Waals surface area (Å²) in [6.07, 6.45) is 2.63. The molecule has 0 spiro atoms. The third-order valence-electron chi connectivity index (χ3n) is 2.74. The molecule has 0 saturated carbocycles. The molecule has 0 aliphatic heterocycles. The number of rotatable bonds is 3. The summed E-state index contributed by atoms with van der Waals surface area (Å²) in [4.78, 5) is 11.5. The second-order valence-corrected chi connectivity index (χ2v) is 6.17. The first-order valence-electron chi connectivity index (χ1n) is 5.71. The number of carbonyl (C=O) groups is 1. The Hall–Kier alpha value is -2.35. The first kappa shape index (κ1) is 14.1. The maximum atomic E-state index is 11.6. The van der Waals surface area contributed by atoms with E-state index in [0.717, 1.165) is 6.26 Å². The van der Waals surface area contributed by atoms with E-state index >= 15 is 0 Å². The van der Waals surface area contributed by atoms with Gasteiger partial charge in [-0.05, 0) is 18.2 Å². The Morgan fingerprint density at radius 2 is 2.05 bits per heavy atom. The van der Waals surface area contributed by atoms with Gasteiger partial charge in [-0.1, -0.05) is 6.07 Å². The third-order valence-corrected chi connectivity index (χ3v) is 3.89. The number of hydrogen-bond donors (Lipinski definition) is 2. The minimum atomic E-state index is -3.42. The molecule has 0 bridgehead atoms. The van der Waals surface area contributed by atoms with Gasteiger partial charge in [-0.15, -0.1) is 0 Å². The molecule has 0 atom stereocenters. The van der Waals surface area contributed by atoms with E-state index in [2.05, 4.69) is 10.4 Å². The van der Waals surface area contributed by atoms with Gasteiger partial charge in [0.1, 0.15) is 0 Å². The van der Waals surface area contributed by atoms with E-state index in [0.29, 0.717) is 5.69 Å². The van der Waals surface area contributed by atoms with Crippen LogP contribution in [0.15, 0.2) is 35.4 Å². The zero-order valence-corrected chi connectivity index (χ0v) is 11.8. The van der Waals surface area contributed by atoms with Crippen LogP contribution in [0.4, 0.5) is 5.69 Å². The van der Waals surface area contributed by atoms with Crippen molar-refractivity contribution in [3.05, 3.63) is 36.2 Å². The summed E-state index contributed by atoms with van der Waals surface area (Å²) in [5.41, 5.74) is 6.60. The van der Waals surface area contributed by atoms with Crippen molar-refractivity contribution in [1.82, 2.24) is 15.1 Å². The van der Waals surface area contributed by atoms with Gasteiger partial charge in [0.15, 0.2) is 15.5 Å². The van der Waals surface area contributed by atoms with Gasteiger partial charge in [0.25, 0.3) is 5.91 Å². The number of nitrogens with zero attached hydrogens (tertiary/aromatic N) is 2. The van der Waals surface area contributed by atoms with Crippen LogP contribution in [0, 0.1) is 0 Å². The van der Waals surface area contributed by atoms with E-state index in [-0.39, 0.29) is 22.2 Å². The van der Waals surface area contributed by atoms with E-state index in [9.17, 15) is 13.2 Å². The number of anilines is 1. The van der Waals surface area contributed by atoms with Crippen molar-refractivity contribution in [3.8, 4) is 5.69 Å². The zero-order valence-electron chi connectivity index (χ0n) is 11.0. The molecule has 0 fully saturated rings. The monoisotopic (exact) mass is 294 g/mol. The smallest absolute Gasteiger partial charge is 0.271 e. The van der Waals surface area contributed by atoms with Gasteiger partial charge in [-0.3, -0.25) is 4.79 Å². The van der Waals surface area contributed by atoms with Crippen LogP contribution < -0.4 is 11.1 Å². The van der Waals surface area contributed by atoms with Gasteiger partial charge in [-0.25, -0.2) is 13.1 Å². The van der Waals surface area contributed by atoms with Gasteiger partial charge in [0.05, 0.1) is 16.3 Å². The molecular weight excluding hydrogens is 280 g/mol. The van der Waals surface area contributed by atoms with Gasteiger partial charge < -0.3 is 11.1 Å². The average molecular weight is 294 g/mol. The molecule has 7 nitrogen and oxygen atoms in total. The molecular formula is C12H14N4O3S. The lowest BCUT2D eigenvalue weighted by molar-refractivity contribution is 0.0957. The van der Waals surface area contributed by atoms with E-state index in [1.807, 2.05) is 0 Å². The molecule has 8 heteroatoms. The maximum absolute atomic E-state index is 11.6. The standard InChI is InChI=1S/C12H14N4O3S/c1-14-12(17)8-6-7-16(15-8)9-4-3-5-10(11(9)13)20(2,18)19/h3-7H,13H2,1-2H3,(H,14,17). The summed E-state index contributed by atoms with van der Waals surface area (Å²) >= 11 is 0. The van der Waals surface area contributed by atoms with Crippen LogP contribution in [0.2, 0.25) is 0 Å². The molecule has 0 unspecified atom stereocenters. The maximum Gasteiger partial charge on any atom is 0.271 e. The normalized spacial score (nSPS) is 11.3. The zero-order chi connectivity index (χ0) is 14.9. The highest BCUT2D eigenvalue weighted by atomic mass is 32.2. The number of benzene rings is 1. The summed E-state index contributed by atoms with van der Waals surface area (Å²) in [6, 6.07) is 6.15. The molecule has 1 aromatic carbocycles. The number of hydrogen-bond acceptors (Lipinski definition) is 5. The molecule has 3 N–H and O–H groups in total. The number of nitrogens with two attached hydrogens (primary N) is 1. The first-order chi connectivity index (χ1) is 9.34. The largest absolute Gasteiger partial charge is 0.396 e. The first-order valence-corrected chi connectivity index (χ1v) is 7.60. The van der Waals surface area contributed by atoms with Gasteiger partial charge in [0, 0.05) is 19.5 Å². The average Bonchev–Trinajstić information content (AvgIpc) is 2.86. The summed E-state index contributed by atoms with van der Waals surface area (Å²) in [5.74, 6) is -0.332. The van der Waals surface area contributed by atoms with Crippen LogP contribution in [0.25, 0.3) is 5.69 Å². The van der Waals surface area contributed by atoms with Crippen LogP contribution in [0.1, 0.15) is 10.5 Å². The lowest BCUT2D eigenvalue weighted by Gasteiger charge is -2.09. The highest BCUT2D eigenvalue weighted by Crippen LogP contribution is 2.25. The predicted molar refractivity (Wildman–Crippen MR) is 74.5 cm³/mol. The number of amides is 1. The Morgan fingerprint density at radius 3 is 2.65 bits per heavy atom. The van der Waals surface area contributed by atoms with Crippen LogP contribution in [-0.4, -0.2) is 37.4 Å². The number of para-hydroxylation sites is 1. The molecule has 1 heterocycles. The fourth-order valence-electron chi connectivity index (χ4n) is 1.76. The number of sulfone groups is 1. The van der Waals surface area contributed by atoms with E-state index in [1.54, 1.807) is 18.3 Å². The van der Waals surface area contributed by atoms with Crippen LogP contribution in [0.5, 0.6) is 0 Å².